The molecule has 0 bridgehead atoms. The Morgan fingerprint density at radius 1 is 1.47 bits per heavy atom. The minimum Gasteiger partial charge on any atom is -0.398 e. The molecule has 2 rings (SSSR count). The largest absolute Gasteiger partial charge is 0.398 e. The molecule has 1 aromatic rings. The first kappa shape index (κ1) is 12.8. The number of rotatable bonds is 4. The second-order valence-electron chi connectivity index (χ2n) is 4.11. The maximum absolute atomic E-state index is 11.9. The molecule has 3 N–H and O–H groups in total. The SMILES string of the molecule is Nc1csc(S(=O)(=O)NCC2CCOCC2)c1. The predicted molar refractivity (Wildman–Crippen MR) is 67.5 cm³/mol. The molecule has 0 unspecified atom stereocenters. The van der Waals surface area contributed by atoms with Gasteiger partial charge in [0.05, 0.1) is 0 Å². The Hall–Kier alpha value is -0.630. The van der Waals surface area contributed by atoms with Gasteiger partial charge in [0, 0.05) is 30.8 Å². The third kappa shape index (κ3) is 3.41. The van der Waals surface area contributed by atoms with Crippen molar-refractivity contribution in [2.75, 3.05) is 25.5 Å². The Morgan fingerprint density at radius 3 is 2.76 bits per heavy atom. The summed E-state index contributed by atoms with van der Waals surface area (Å²) in [6.07, 6.45) is 1.82. The van der Waals surface area contributed by atoms with Gasteiger partial charge in [-0.15, -0.1) is 11.3 Å². The van der Waals surface area contributed by atoms with Crippen LogP contribution in [0.3, 0.4) is 0 Å². The summed E-state index contributed by atoms with van der Waals surface area (Å²) in [5, 5.41) is 1.63. The molecule has 17 heavy (non-hydrogen) atoms. The summed E-state index contributed by atoms with van der Waals surface area (Å²) in [5.41, 5.74) is 6.00. The third-order valence-corrected chi connectivity index (χ3v) is 5.64. The molecule has 1 aliphatic heterocycles. The Balaban J connectivity index is 1.93. The molecule has 0 aromatic carbocycles. The normalized spacial score (nSPS) is 18.4. The van der Waals surface area contributed by atoms with Crippen LogP contribution in [0.1, 0.15) is 12.8 Å². The molecule has 1 aliphatic rings. The molecule has 0 atom stereocenters. The van der Waals surface area contributed by atoms with Gasteiger partial charge in [0.25, 0.3) is 0 Å². The number of hydrogen-bond donors (Lipinski definition) is 2. The van der Waals surface area contributed by atoms with E-state index in [0.29, 0.717) is 18.2 Å². The Kier molecular flexibility index (Phi) is 4.03. The van der Waals surface area contributed by atoms with Crippen LogP contribution in [-0.2, 0) is 14.8 Å². The number of hydrogen-bond acceptors (Lipinski definition) is 5. The van der Waals surface area contributed by atoms with Crippen LogP contribution in [0.15, 0.2) is 15.7 Å². The van der Waals surface area contributed by atoms with Gasteiger partial charge in [0.2, 0.25) is 10.0 Å². The van der Waals surface area contributed by atoms with E-state index in [9.17, 15) is 8.42 Å². The second kappa shape index (κ2) is 5.34. The zero-order valence-electron chi connectivity index (χ0n) is 9.39. The van der Waals surface area contributed by atoms with Crippen LogP contribution in [0.5, 0.6) is 0 Å². The molecule has 2 heterocycles. The van der Waals surface area contributed by atoms with E-state index < -0.39 is 10.0 Å². The summed E-state index contributed by atoms with van der Waals surface area (Å²) in [7, 11) is -3.39. The van der Waals surface area contributed by atoms with E-state index in [0.717, 1.165) is 37.4 Å². The summed E-state index contributed by atoms with van der Waals surface area (Å²) >= 11 is 1.14. The van der Waals surface area contributed by atoms with E-state index in [-0.39, 0.29) is 4.21 Å². The molecule has 0 radical (unpaired) electrons. The van der Waals surface area contributed by atoms with Crippen molar-refractivity contribution in [2.24, 2.45) is 5.92 Å². The van der Waals surface area contributed by atoms with Gasteiger partial charge in [-0.25, -0.2) is 13.1 Å². The summed E-state index contributed by atoms with van der Waals surface area (Å²) in [5.74, 6) is 0.371. The van der Waals surface area contributed by atoms with Crippen LogP contribution < -0.4 is 10.5 Å². The highest BCUT2D eigenvalue weighted by atomic mass is 32.2. The number of nitrogens with one attached hydrogen (secondary N) is 1. The number of anilines is 1. The van der Waals surface area contributed by atoms with Crippen LogP contribution in [-0.4, -0.2) is 28.2 Å². The van der Waals surface area contributed by atoms with Crippen molar-refractivity contribution in [3.63, 3.8) is 0 Å². The predicted octanol–water partition coefficient (Wildman–Crippen LogP) is 1.04. The van der Waals surface area contributed by atoms with Gasteiger partial charge >= 0.3 is 0 Å². The number of ether oxygens (including phenoxy) is 1. The monoisotopic (exact) mass is 276 g/mol. The van der Waals surface area contributed by atoms with Crippen LogP contribution in [0.4, 0.5) is 5.69 Å². The van der Waals surface area contributed by atoms with Crippen LogP contribution >= 0.6 is 11.3 Å². The molecule has 96 valence electrons. The highest BCUT2D eigenvalue weighted by Crippen LogP contribution is 2.22. The molecular weight excluding hydrogens is 260 g/mol. The summed E-state index contributed by atoms with van der Waals surface area (Å²) in [4.78, 5) is 0. The van der Waals surface area contributed by atoms with Gasteiger partial charge < -0.3 is 10.5 Å². The van der Waals surface area contributed by atoms with Crippen molar-refractivity contribution in [1.82, 2.24) is 4.72 Å². The fourth-order valence-corrected chi connectivity index (χ4v) is 3.96. The van der Waals surface area contributed by atoms with Gasteiger partial charge in [0.15, 0.2) is 0 Å². The molecule has 0 spiro atoms. The zero-order valence-corrected chi connectivity index (χ0v) is 11.0. The standard InChI is InChI=1S/C10H16N2O3S2/c11-9-5-10(16-7-9)17(13,14)12-6-8-1-3-15-4-2-8/h5,7-8,12H,1-4,6,11H2. The van der Waals surface area contributed by atoms with E-state index in [4.69, 9.17) is 10.5 Å². The second-order valence-corrected chi connectivity index (χ2v) is 7.01. The lowest BCUT2D eigenvalue weighted by Gasteiger charge is -2.21. The minimum atomic E-state index is -3.39. The van der Waals surface area contributed by atoms with Crippen LogP contribution in [0.25, 0.3) is 0 Å². The number of nitrogen functional groups attached to an aromatic ring is 1. The highest BCUT2D eigenvalue weighted by molar-refractivity contribution is 7.91. The third-order valence-electron chi connectivity index (χ3n) is 2.76. The fourth-order valence-electron chi connectivity index (χ4n) is 1.72. The zero-order chi connectivity index (χ0) is 12.3. The van der Waals surface area contributed by atoms with Gasteiger partial charge in [-0.1, -0.05) is 0 Å². The first-order chi connectivity index (χ1) is 8.08. The first-order valence-electron chi connectivity index (χ1n) is 5.49. The van der Waals surface area contributed by atoms with E-state index in [2.05, 4.69) is 4.72 Å². The van der Waals surface area contributed by atoms with Crippen LogP contribution in [0, 0.1) is 5.92 Å². The van der Waals surface area contributed by atoms with Gasteiger partial charge in [-0.05, 0) is 24.8 Å². The van der Waals surface area contributed by atoms with Crippen molar-refractivity contribution in [3.8, 4) is 0 Å². The van der Waals surface area contributed by atoms with Crippen molar-refractivity contribution >= 4 is 27.0 Å². The summed E-state index contributed by atoms with van der Waals surface area (Å²) < 4.78 is 31.9. The summed E-state index contributed by atoms with van der Waals surface area (Å²) in [6, 6.07) is 1.48. The molecule has 0 amide bonds. The van der Waals surface area contributed by atoms with E-state index >= 15 is 0 Å². The number of nitrogens with two attached hydrogens (primary N) is 1. The van der Waals surface area contributed by atoms with Crippen molar-refractivity contribution < 1.29 is 13.2 Å². The molecule has 1 aromatic heterocycles. The lowest BCUT2D eigenvalue weighted by Crippen LogP contribution is -2.31. The number of sulfonamides is 1. The average molecular weight is 276 g/mol. The maximum atomic E-state index is 11.9. The number of thiophene rings is 1. The van der Waals surface area contributed by atoms with Crippen molar-refractivity contribution in [1.29, 1.82) is 0 Å². The topological polar surface area (TPSA) is 81.4 Å². The Labute approximate surface area is 105 Å². The maximum Gasteiger partial charge on any atom is 0.250 e. The molecule has 1 saturated heterocycles. The molecule has 0 saturated carbocycles. The summed E-state index contributed by atoms with van der Waals surface area (Å²) in [6.45, 7) is 1.92. The average Bonchev–Trinajstić information content (AvgIpc) is 2.76. The van der Waals surface area contributed by atoms with E-state index in [1.165, 1.54) is 6.07 Å². The minimum absolute atomic E-state index is 0.280. The lowest BCUT2D eigenvalue weighted by molar-refractivity contribution is 0.0678. The molecule has 7 heteroatoms. The van der Waals surface area contributed by atoms with Gasteiger partial charge in [-0.3, -0.25) is 0 Å². The van der Waals surface area contributed by atoms with Gasteiger partial charge in [0.1, 0.15) is 4.21 Å². The van der Waals surface area contributed by atoms with Crippen LogP contribution in [0.2, 0.25) is 0 Å². The quantitative estimate of drug-likeness (QED) is 0.861. The Morgan fingerprint density at radius 2 is 2.18 bits per heavy atom. The van der Waals surface area contributed by atoms with Crippen molar-refractivity contribution in [3.05, 3.63) is 11.4 Å². The highest BCUT2D eigenvalue weighted by Gasteiger charge is 2.20. The fraction of sp³-hybridized carbons (Fsp3) is 0.600. The first-order valence-corrected chi connectivity index (χ1v) is 7.85. The molecule has 1 fully saturated rings. The van der Waals surface area contributed by atoms with Crippen molar-refractivity contribution in [2.45, 2.75) is 17.1 Å². The Bertz CT molecular complexity index is 464. The van der Waals surface area contributed by atoms with E-state index in [1.807, 2.05) is 0 Å². The van der Waals surface area contributed by atoms with Gasteiger partial charge in [-0.2, -0.15) is 0 Å². The smallest absolute Gasteiger partial charge is 0.250 e. The molecule has 0 aliphatic carbocycles. The lowest BCUT2D eigenvalue weighted by atomic mass is 10.0. The molecule has 5 nitrogen and oxygen atoms in total. The van der Waals surface area contributed by atoms with E-state index in [1.54, 1.807) is 5.38 Å². The molecular formula is C10H16N2O3S2.